The van der Waals surface area contributed by atoms with Gasteiger partial charge < -0.3 is 10.1 Å². The number of ether oxygens (including phenoxy) is 1. The molecule has 0 aliphatic carbocycles. The number of esters is 1. The molecule has 0 unspecified atom stereocenters. The van der Waals surface area contributed by atoms with Crippen LogP contribution in [0.5, 0.6) is 0 Å². The number of nitrogens with zero attached hydrogens (tertiary/aromatic N) is 1. The predicted molar refractivity (Wildman–Crippen MR) is 82.9 cm³/mol. The number of benzene rings is 1. The zero-order valence-electron chi connectivity index (χ0n) is 13.2. The highest BCUT2D eigenvalue weighted by molar-refractivity contribution is 5.94. The zero-order valence-corrected chi connectivity index (χ0v) is 13.2. The zero-order chi connectivity index (χ0) is 16.3. The van der Waals surface area contributed by atoms with Gasteiger partial charge in [-0.15, -0.1) is 0 Å². The van der Waals surface area contributed by atoms with Crippen LogP contribution in [0.4, 0.5) is 5.69 Å². The largest absolute Gasteiger partial charge is 0.456 e. The van der Waals surface area contributed by atoms with E-state index in [4.69, 9.17) is 4.74 Å². The lowest BCUT2D eigenvalue weighted by Gasteiger charge is -2.36. The first kappa shape index (κ1) is 16.4. The van der Waals surface area contributed by atoms with Crippen LogP contribution in [-0.2, 0) is 4.74 Å². The van der Waals surface area contributed by atoms with E-state index in [1.807, 2.05) is 13.8 Å². The molecule has 1 heterocycles. The van der Waals surface area contributed by atoms with Crippen LogP contribution in [0.3, 0.4) is 0 Å². The van der Waals surface area contributed by atoms with E-state index in [0.717, 1.165) is 25.9 Å². The van der Waals surface area contributed by atoms with Gasteiger partial charge in [-0.05, 0) is 52.8 Å². The highest BCUT2D eigenvalue weighted by Crippen LogP contribution is 2.31. The van der Waals surface area contributed by atoms with Crippen LogP contribution in [0.15, 0.2) is 18.2 Å². The molecule has 1 N–H and O–H groups in total. The first-order chi connectivity index (χ1) is 10.3. The number of piperidine rings is 1. The van der Waals surface area contributed by atoms with Gasteiger partial charge in [-0.25, -0.2) is 4.79 Å². The van der Waals surface area contributed by atoms with Crippen LogP contribution in [0.1, 0.15) is 42.6 Å². The van der Waals surface area contributed by atoms with Crippen LogP contribution in [-0.4, -0.2) is 29.6 Å². The van der Waals surface area contributed by atoms with Crippen LogP contribution in [0.25, 0.3) is 0 Å². The van der Waals surface area contributed by atoms with Gasteiger partial charge in [-0.3, -0.25) is 10.1 Å². The van der Waals surface area contributed by atoms with Gasteiger partial charge in [0.1, 0.15) is 11.2 Å². The fourth-order valence-corrected chi connectivity index (χ4v) is 2.96. The molecular formula is C16H22N2O4. The summed E-state index contributed by atoms with van der Waals surface area (Å²) in [5.41, 5.74) is -0.337. The lowest BCUT2D eigenvalue weighted by molar-refractivity contribution is -0.385. The van der Waals surface area contributed by atoms with E-state index in [1.54, 1.807) is 19.1 Å². The molecule has 0 bridgehead atoms. The van der Waals surface area contributed by atoms with Gasteiger partial charge in [0, 0.05) is 11.5 Å². The van der Waals surface area contributed by atoms with Gasteiger partial charge in [0.2, 0.25) is 0 Å². The van der Waals surface area contributed by atoms with E-state index in [1.165, 1.54) is 6.07 Å². The maximum absolute atomic E-state index is 12.4. The first-order valence-corrected chi connectivity index (χ1v) is 7.51. The molecule has 0 radical (unpaired) electrons. The highest BCUT2D eigenvalue weighted by Gasteiger charge is 2.36. The maximum Gasteiger partial charge on any atom is 0.345 e. The van der Waals surface area contributed by atoms with Crippen molar-refractivity contribution >= 4 is 11.7 Å². The summed E-state index contributed by atoms with van der Waals surface area (Å²) in [6.45, 7) is 7.17. The quantitative estimate of drug-likeness (QED) is 0.525. The molecule has 0 aromatic heterocycles. The van der Waals surface area contributed by atoms with Crippen molar-refractivity contribution < 1.29 is 14.5 Å². The Labute approximate surface area is 130 Å². The molecule has 22 heavy (non-hydrogen) atoms. The third-order valence-corrected chi connectivity index (χ3v) is 4.32. The second-order valence-corrected chi connectivity index (χ2v) is 6.25. The first-order valence-electron chi connectivity index (χ1n) is 7.51. The summed E-state index contributed by atoms with van der Waals surface area (Å²) >= 11 is 0. The van der Waals surface area contributed by atoms with Crippen LogP contribution >= 0.6 is 0 Å². The smallest absolute Gasteiger partial charge is 0.345 e. The van der Waals surface area contributed by atoms with Crippen LogP contribution in [0.2, 0.25) is 0 Å². The van der Waals surface area contributed by atoms with E-state index in [9.17, 15) is 14.9 Å². The minimum Gasteiger partial charge on any atom is -0.456 e. The molecule has 0 spiro atoms. The predicted octanol–water partition coefficient (Wildman–Crippen LogP) is 2.84. The summed E-state index contributed by atoms with van der Waals surface area (Å²) in [5, 5.41) is 14.5. The molecule has 120 valence electrons. The minimum atomic E-state index is -0.642. The summed E-state index contributed by atoms with van der Waals surface area (Å²) in [6, 6.07) is 4.70. The number of carbonyl (C=O) groups is 1. The number of nitro groups is 1. The standard InChI is InChI=1S/C16H22N2O4/c1-11-5-4-6-13(14(11)18(20)21)15(19)22-16(2,3)12-7-9-17-10-8-12/h4-6,12,17H,7-10H2,1-3H3. The number of hydrogen-bond acceptors (Lipinski definition) is 5. The van der Waals surface area contributed by atoms with Crippen LogP contribution in [0, 0.1) is 23.0 Å². The van der Waals surface area contributed by atoms with E-state index in [2.05, 4.69) is 5.32 Å². The monoisotopic (exact) mass is 306 g/mol. The number of nitrogens with one attached hydrogen (secondary N) is 1. The van der Waals surface area contributed by atoms with Crippen molar-refractivity contribution in [3.63, 3.8) is 0 Å². The number of nitro benzene ring substituents is 1. The minimum absolute atomic E-state index is 0.0204. The molecule has 2 rings (SSSR count). The average molecular weight is 306 g/mol. The summed E-state index contributed by atoms with van der Waals surface area (Å²) in [5.74, 6) is -0.375. The lowest BCUT2D eigenvalue weighted by Crippen LogP contribution is -2.42. The number of rotatable bonds is 4. The van der Waals surface area contributed by atoms with Crippen molar-refractivity contribution in [2.75, 3.05) is 13.1 Å². The lowest BCUT2D eigenvalue weighted by atomic mass is 9.83. The molecule has 0 saturated carbocycles. The number of para-hydroxylation sites is 1. The average Bonchev–Trinajstić information content (AvgIpc) is 2.47. The molecule has 1 aliphatic rings. The normalized spacial score (nSPS) is 16.3. The SMILES string of the molecule is Cc1cccc(C(=O)OC(C)(C)C2CCNCC2)c1[N+](=O)[O-]. The summed E-state index contributed by atoms with van der Waals surface area (Å²) in [4.78, 5) is 23.1. The Morgan fingerprint density at radius 2 is 2.00 bits per heavy atom. The Morgan fingerprint density at radius 1 is 1.36 bits per heavy atom. The van der Waals surface area contributed by atoms with Gasteiger partial charge in [-0.1, -0.05) is 12.1 Å². The third kappa shape index (κ3) is 3.44. The summed E-state index contributed by atoms with van der Waals surface area (Å²) in [7, 11) is 0. The molecular weight excluding hydrogens is 284 g/mol. The maximum atomic E-state index is 12.4. The summed E-state index contributed by atoms with van der Waals surface area (Å²) < 4.78 is 5.64. The van der Waals surface area contributed by atoms with Gasteiger partial charge >= 0.3 is 5.97 Å². The van der Waals surface area contributed by atoms with Crippen molar-refractivity contribution in [1.29, 1.82) is 0 Å². The van der Waals surface area contributed by atoms with Gasteiger partial charge in [0.05, 0.1) is 4.92 Å². The Balaban J connectivity index is 2.22. The summed E-state index contributed by atoms with van der Waals surface area (Å²) in [6.07, 6.45) is 1.85. The van der Waals surface area contributed by atoms with E-state index >= 15 is 0 Å². The van der Waals surface area contributed by atoms with E-state index in [0.29, 0.717) is 5.56 Å². The third-order valence-electron chi connectivity index (χ3n) is 4.32. The van der Waals surface area contributed by atoms with Gasteiger partial charge in [-0.2, -0.15) is 0 Å². The van der Waals surface area contributed by atoms with Crippen molar-refractivity contribution in [3.05, 3.63) is 39.4 Å². The van der Waals surface area contributed by atoms with Crippen molar-refractivity contribution in [2.45, 2.75) is 39.2 Å². The molecule has 1 aromatic rings. The molecule has 0 atom stereocenters. The molecule has 6 heteroatoms. The fraction of sp³-hybridized carbons (Fsp3) is 0.562. The molecule has 1 aliphatic heterocycles. The Bertz CT molecular complexity index is 578. The molecule has 6 nitrogen and oxygen atoms in total. The molecule has 0 amide bonds. The molecule has 1 fully saturated rings. The Hall–Kier alpha value is -1.95. The van der Waals surface area contributed by atoms with Crippen molar-refractivity contribution in [3.8, 4) is 0 Å². The second-order valence-electron chi connectivity index (χ2n) is 6.25. The topological polar surface area (TPSA) is 81.5 Å². The number of hydrogen-bond donors (Lipinski definition) is 1. The molecule has 1 saturated heterocycles. The van der Waals surface area contributed by atoms with E-state index in [-0.39, 0.29) is 17.2 Å². The highest BCUT2D eigenvalue weighted by atomic mass is 16.6. The second kappa shape index (κ2) is 6.44. The fourth-order valence-electron chi connectivity index (χ4n) is 2.96. The molecule has 1 aromatic carbocycles. The number of aryl methyl sites for hydroxylation is 1. The van der Waals surface area contributed by atoms with Crippen LogP contribution < -0.4 is 5.32 Å². The van der Waals surface area contributed by atoms with Gasteiger partial charge in [0.25, 0.3) is 5.69 Å². The Morgan fingerprint density at radius 3 is 2.59 bits per heavy atom. The number of carbonyl (C=O) groups excluding carboxylic acids is 1. The van der Waals surface area contributed by atoms with Crippen molar-refractivity contribution in [2.24, 2.45) is 5.92 Å². The van der Waals surface area contributed by atoms with Crippen molar-refractivity contribution in [1.82, 2.24) is 5.32 Å². The van der Waals surface area contributed by atoms with E-state index < -0.39 is 16.5 Å². The van der Waals surface area contributed by atoms with Gasteiger partial charge in [0.15, 0.2) is 0 Å². The Kier molecular flexibility index (Phi) is 4.81.